The summed E-state index contributed by atoms with van der Waals surface area (Å²) >= 11 is 1.74. The van der Waals surface area contributed by atoms with Gasteiger partial charge in [-0.3, -0.25) is 0 Å². The standard InChI is InChI=1S/C18H25N3O2S/c1-3-5-12-23-18(22)21-10-8-20(9-11-21)17-19-15-7-6-14(4-2)13-16(15)24-17/h6-7,13H,3-5,8-12H2,1-2H3. The quantitative estimate of drug-likeness (QED) is 0.769. The molecule has 1 aromatic carbocycles. The van der Waals surface area contributed by atoms with Crippen LogP contribution < -0.4 is 4.90 Å². The number of rotatable bonds is 5. The summed E-state index contributed by atoms with van der Waals surface area (Å²) in [6, 6.07) is 6.49. The molecule has 1 amide bonds. The van der Waals surface area contributed by atoms with Crippen molar-refractivity contribution in [3.63, 3.8) is 0 Å². The average Bonchev–Trinajstić information content (AvgIpc) is 3.05. The molecule has 2 aromatic rings. The molecule has 0 bridgehead atoms. The van der Waals surface area contributed by atoms with Gasteiger partial charge in [0.05, 0.1) is 16.8 Å². The molecule has 24 heavy (non-hydrogen) atoms. The van der Waals surface area contributed by atoms with Crippen molar-refractivity contribution in [2.24, 2.45) is 0 Å². The van der Waals surface area contributed by atoms with Gasteiger partial charge in [-0.2, -0.15) is 0 Å². The third-order valence-electron chi connectivity index (χ3n) is 4.38. The van der Waals surface area contributed by atoms with Crippen molar-refractivity contribution in [1.29, 1.82) is 0 Å². The van der Waals surface area contributed by atoms with Crippen LogP contribution in [0.3, 0.4) is 0 Å². The fraction of sp³-hybridized carbons (Fsp3) is 0.556. The largest absolute Gasteiger partial charge is 0.449 e. The lowest BCUT2D eigenvalue weighted by molar-refractivity contribution is 0.0989. The van der Waals surface area contributed by atoms with Crippen LogP contribution in [-0.2, 0) is 11.2 Å². The number of piperazine rings is 1. The number of ether oxygens (including phenoxy) is 1. The van der Waals surface area contributed by atoms with E-state index in [9.17, 15) is 4.79 Å². The predicted molar refractivity (Wildman–Crippen MR) is 99.0 cm³/mol. The van der Waals surface area contributed by atoms with Crippen molar-refractivity contribution in [1.82, 2.24) is 9.88 Å². The number of thiazole rings is 1. The molecule has 0 N–H and O–H groups in total. The molecule has 2 heterocycles. The zero-order chi connectivity index (χ0) is 16.9. The number of aromatic nitrogens is 1. The Balaban J connectivity index is 1.59. The van der Waals surface area contributed by atoms with Gasteiger partial charge in [-0.1, -0.05) is 37.7 Å². The van der Waals surface area contributed by atoms with E-state index in [1.807, 2.05) is 0 Å². The van der Waals surface area contributed by atoms with Gasteiger partial charge in [0.15, 0.2) is 5.13 Å². The zero-order valence-corrected chi connectivity index (χ0v) is 15.3. The number of aryl methyl sites for hydroxylation is 1. The van der Waals surface area contributed by atoms with Gasteiger partial charge in [0.1, 0.15) is 0 Å². The second kappa shape index (κ2) is 7.83. The van der Waals surface area contributed by atoms with Crippen LogP contribution in [0.15, 0.2) is 18.2 Å². The maximum absolute atomic E-state index is 12.0. The van der Waals surface area contributed by atoms with Crippen LogP contribution in [-0.4, -0.2) is 48.8 Å². The van der Waals surface area contributed by atoms with Gasteiger partial charge < -0.3 is 14.5 Å². The zero-order valence-electron chi connectivity index (χ0n) is 14.5. The molecule has 0 radical (unpaired) electrons. The fourth-order valence-corrected chi connectivity index (χ4v) is 3.87. The van der Waals surface area contributed by atoms with E-state index in [0.29, 0.717) is 19.7 Å². The number of carbonyl (C=O) groups is 1. The third kappa shape index (κ3) is 3.80. The summed E-state index contributed by atoms with van der Waals surface area (Å²) < 4.78 is 6.53. The van der Waals surface area contributed by atoms with Crippen molar-refractivity contribution in [2.75, 3.05) is 37.7 Å². The minimum atomic E-state index is -0.181. The Kier molecular flexibility index (Phi) is 5.56. The monoisotopic (exact) mass is 347 g/mol. The van der Waals surface area contributed by atoms with Crippen molar-refractivity contribution in [2.45, 2.75) is 33.1 Å². The normalized spacial score (nSPS) is 15.1. The van der Waals surface area contributed by atoms with Crippen LogP contribution in [0, 0.1) is 0 Å². The maximum Gasteiger partial charge on any atom is 0.409 e. The summed E-state index contributed by atoms with van der Waals surface area (Å²) in [5.74, 6) is 0. The van der Waals surface area contributed by atoms with Crippen LogP contribution in [0.25, 0.3) is 10.2 Å². The van der Waals surface area contributed by atoms with E-state index >= 15 is 0 Å². The van der Waals surface area contributed by atoms with Gasteiger partial charge in [-0.15, -0.1) is 0 Å². The fourth-order valence-electron chi connectivity index (χ4n) is 2.79. The Morgan fingerprint density at radius 2 is 2.04 bits per heavy atom. The van der Waals surface area contributed by atoms with Crippen molar-refractivity contribution in [3.8, 4) is 0 Å². The smallest absolute Gasteiger partial charge is 0.409 e. The first-order chi connectivity index (χ1) is 11.7. The topological polar surface area (TPSA) is 45.7 Å². The summed E-state index contributed by atoms with van der Waals surface area (Å²) in [6.45, 7) is 7.79. The van der Waals surface area contributed by atoms with E-state index in [4.69, 9.17) is 9.72 Å². The van der Waals surface area contributed by atoms with Gasteiger partial charge in [-0.25, -0.2) is 9.78 Å². The SMILES string of the molecule is CCCCOC(=O)N1CCN(c2nc3ccc(CC)cc3s2)CC1. The Labute approximate surface area is 147 Å². The van der Waals surface area contributed by atoms with E-state index in [-0.39, 0.29) is 6.09 Å². The van der Waals surface area contributed by atoms with Gasteiger partial charge >= 0.3 is 6.09 Å². The molecule has 5 nitrogen and oxygen atoms in total. The predicted octanol–water partition coefficient (Wildman–Crippen LogP) is 3.92. The number of carbonyl (C=O) groups excluding carboxylic acids is 1. The number of amides is 1. The molecule has 1 aliphatic heterocycles. The Morgan fingerprint density at radius 1 is 1.25 bits per heavy atom. The number of benzene rings is 1. The summed E-state index contributed by atoms with van der Waals surface area (Å²) in [5, 5.41) is 1.05. The molecule has 0 spiro atoms. The molecule has 0 atom stereocenters. The molecule has 6 heteroatoms. The van der Waals surface area contributed by atoms with Crippen molar-refractivity contribution in [3.05, 3.63) is 23.8 Å². The van der Waals surface area contributed by atoms with Crippen molar-refractivity contribution < 1.29 is 9.53 Å². The van der Waals surface area contributed by atoms with E-state index in [2.05, 4.69) is 36.9 Å². The highest BCUT2D eigenvalue weighted by Gasteiger charge is 2.23. The van der Waals surface area contributed by atoms with Gasteiger partial charge in [0.25, 0.3) is 0 Å². The summed E-state index contributed by atoms with van der Waals surface area (Å²) in [6.07, 6.45) is 2.83. The van der Waals surface area contributed by atoms with E-state index in [0.717, 1.165) is 43.0 Å². The molecule has 1 saturated heterocycles. The van der Waals surface area contributed by atoms with E-state index < -0.39 is 0 Å². The van der Waals surface area contributed by atoms with Gasteiger partial charge in [-0.05, 0) is 30.5 Å². The summed E-state index contributed by atoms with van der Waals surface area (Å²) in [5.41, 5.74) is 2.41. The molecular formula is C18H25N3O2S. The highest BCUT2D eigenvalue weighted by atomic mass is 32.1. The number of nitrogens with zero attached hydrogens (tertiary/aromatic N) is 3. The van der Waals surface area contributed by atoms with Gasteiger partial charge in [0, 0.05) is 26.2 Å². The Morgan fingerprint density at radius 3 is 2.75 bits per heavy atom. The lowest BCUT2D eigenvalue weighted by Gasteiger charge is -2.33. The molecule has 1 fully saturated rings. The first kappa shape index (κ1) is 17.0. The highest BCUT2D eigenvalue weighted by Crippen LogP contribution is 2.30. The summed E-state index contributed by atoms with van der Waals surface area (Å²) in [4.78, 5) is 20.8. The lowest BCUT2D eigenvalue weighted by Crippen LogP contribution is -2.49. The van der Waals surface area contributed by atoms with Crippen LogP contribution in [0.1, 0.15) is 32.3 Å². The van der Waals surface area contributed by atoms with Crippen LogP contribution >= 0.6 is 11.3 Å². The molecular weight excluding hydrogens is 322 g/mol. The first-order valence-corrected chi connectivity index (χ1v) is 9.59. The number of fused-ring (bicyclic) bond motifs is 1. The minimum Gasteiger partial charge on any atom is -0.449 e. The van der Waals surface area contributed by atoms with Crippen molar-refractivity contribution >= 4 is 32.8 Å². The molecule has 0 saturated carbocycles. The second-order valence-corrected chi connectivity index (χ2v) is 7.10. The van der Waals surface area contributed by atoms with E-state index in [1.165, 1.54) is 10.3 Å². The molecule has 130 valence electrons. The number of hydrogen-bond donors (Lipinski definition) is 0. The van der Waals surface area contributed by atoms with Crippen LogP contribution in [0.2, 0.25) is 0 Å². The first-order valence-electron chi connectivity index (χ1n) is 8.77. The second-order valence-electron chi connectivity index (χ2n) is 6.09. The number of anilines is 1. The number of hydrogen-bond acceptors (Lipinski definition) is 5. The lowest BCUT2D eigenvalue weighted by atomic mass is 10.2. The molecule has 3 rings (SSSR count). The summed E-state index contributed by atoms with van der Waals surface area (Å²) in [7, 11) is 0. The average molecular weight is 347 g/mol. The maximum atomic E-state index is 12.0. The van der Waals surface area contributed by atoms with E-state index in [1.54, 1.807) is 16.2 Å². The molecule has 0 unspecified atom stereocenters. The Bertz CT molecular complexity index is 693. The third-order valence-corrected chi connectivity index (χ3v) is 5.46. The number of unbranched alkanes of at least 4 members (excludes halogenated alkanes) is 1. The highest BCUT2D eigenvalue weighted by molar-refractivity contribution is 7.22. The van der Waals surface area contributed by atoms with Crippen LogP contribution in [0.4, 0.5) is 9.93 Å². The Hall–Kier alpha value is -1.82. The van der Waals surface area contributed by atoms with Gasteiger partial charge in [0.2, 0.25) is 0 Å². The minimum absolute atomic E-state index is 0.181. The molecule has 1 aliphatic rings. The van der Waals surface area contributed by atoms with Crippen LogP contribution in [0.5, 0.6) is 0 Å². The molecule has 0 aliphatic carbocycles. The molecule has 1 aromatic heterocycles.